The number of hydrogen-bond donors (Lipinski definition) is 0. The Hall–Kier alpha value is -7.96. The molecule has 0 bridgehead atoms. The van der Waals surface area contributed by atoms with Gasteiger partial charge in [0.1, 0.15) is 17.3 Å². The normalized spacial score (nSPS) is 11.7. The molecule has 5 nitrogen and oxygen atoms in total. The third-order valence-corrected chi connectivity index (χ3v) is 12.3. The van der Waals surface area contributed by atoms with Gasteiger partial charge in [-0.2, -0.15) is 0 Å². The van der Waals surface area contributed by atoms with Gasteiger partial charge in [0.2, 0.25) is 6.71 Å². The highest BCUT2D eigenvalue weighted by atomic mass is 16.5. The molecule has 0 amide bonds. The van der Waals surface area contributed by atoms with Gasteiger partial charge in [0.25, 0.3) is 6.33 Å². The average molecular weight is 825 g/mol. The smallest absolute Gasteiger partial charge is 0.269 e. The number of aromatic nitrogens is 4. The first-order valence-corrected chi connectivity index (χ1v) is 21.9. The van der Waals surface area contributed by atoms with Crippen LogP contribution in [0.2, 0.25) is 0 Å². The molecule has 6 heteroatoms. The van der Waals surface area contributed by atoms with Gasteiger partial charge in [0, 0.05) is 23.0 Å². The molecule has 3 aromatic heterocycles. The van der Waals surface area contributed by atoms with Crippen LogP contribution in [0, 0.1) is 6.33 Å². The third kappa shape index (κ3) is 7.03. The molecular weight excluding hydrogens is 779 g/mol. The molecule has 11 rings (SSSR count). The van der Waals surface area contributed by atoms with Crippen LogP contribution in [0.3, 0.4) is 0 Å². The molecule has 0 aliphatic heterocycles. The molecular formula is C58H45BN4O. The van der Waals surface area contributed by atoms with E-state index in [2.05, 4.69) is 241 Å². The third-order valence-electron chi connectivity index (χ3n) is 12.3. The lowest BCUT2D eigenvalue weighted by molar-refractivity contribution is -0.571. The molecule has 0 aliphatic rings. The summed E-state index contributed by atoms with van der Waals surface area (Å²) in [5.74, 6) is 2.36. The van der Waals surface area contributed by atoms with E-state index in [9.17, 15) is 0 Å². The molecule has 3 heterocycles. The first-order valence-electron chi connectivity index (χ1n) is 21.9. The van der Waals surface area contributed by atoms with Crippen molar-refractivity contribution in [3.05, 3.63) is 230 Å². The molecule has 0 saturated heterocycles. The Morgan fingerprint density at radius 2 is 1.17 bits per heavy atom. The standard InChI is InChI=1S/C58H45BN4O/c1-58(2,3)41-35-36-60-57(37-41)63-53-30-15-12-27-49(53)50-34-33-46(39-56(50)63)64-45-24-18-23-44(38-45)61-40-62(55-32-17-16-31-54(55)61)52-29-14-11-26-48(52)47-25-10-13-28-51(47)59(42-19-6-4-7-20-42)43-21-8-5-9-22-43/h4-39H,1-3H3. The van der Waals surface area contributed by atoms with Crippen LogP contribution in [0.1, 0.15) is 26.3 Å². The van der Waals surface area contributed by atoms with E-state index in [1.165, 1.54) is 32.9 Å². The topological polar surface area (TPSA) is 35.9 Å². The fourth-order valence-corrected chi connectivity index (χ4v) is 9.25. The molecule has 0 N–H and O–H groups in total. The minimum atomic E-state index is -0.0129. The van der Waals surface area contributed by atoms with Crippen molar-refractivity contribution in [3.8, 4) is 39.8 Å². The first-order chi connectivity index (χ1) is 31.4. The summed E-state index contributed by atoms with van der Waals surface area (Å²) >= 11 is 0. The van der Waals surface area contributed by atoms with Crippen LogP contribution in [0.4, 0.5) is 0 Å². The number of imidazole rings is 1. The summed E-state index contributed by atoms with van der Waals surface area (Å²) in [5.41, 5.74) is 13.5. The molecule has 0 aliphatic carbocycles. The summed E-state index contributed by atoms with van der Waals surface area (Å²) in [6.45, 7) is 6.75. The molecule has 0 atom stereocenters. The second-order valence-corrected chi connectivity index (χ2v) is 17.4. The van der Waals surface area contributed by atoms with Gasteiger partial charge in [-0.1, -0.05) is 189 Å². The highest BCUT2D eigenvalue weighted by Crippen LogP contribution is 2.36. The molecule has 0 unspecified atom stereocenters. The number of hydrogen-bond acceptors (Lipinski definition) is 2. The maximum atomic E-state index is 6.73. The van der Waals surface area contributed by atoms with E-state index in [1.54, 1.807) is 0 Å². The molecule has 11 aromatic rings. The van der Waals surface area contributed by atoms with Crippen molar-refractivity contribution in [2.45, 2.75) is 26.2 Å². The monoisotopic (exact) mass is 824 g/mol. The van der Waals surface area contributed by atoms with Crippen molar-refractivity contribution in [1.29, 1.82) is 0 Å². The number of nitrogens with zero attached hydrogens (tertiary/aromatic N) is 4. The molecule has 306 valence electrons. The predicted molar refractivity (Wildman–Crippen MR) is 264 cm³/mol. The zero-order chi connectivity index (χ0) is 43.2. The largest absolute Gasteiger partial charge is 0.458 e. The van der Waals surface area contributed by atoms with E-state index in [1.807, 2.05) is 18.3 Å². The number of rotatable bonds is 9. The fourth-order valence-electron chi connectivity index (χ4n) is 9.25. The minimum Gasteiger partial charge on any atom is -0.458 e. The van der Waals surface area contributed by atoms with Gasteiger partial charge in [-0.3, -0.25) is 13.7 Å². The van der Waals surface area contributed by atoms with Crippen LogP contribution in [0.5, 0.6) is 11.5 Å². The summed E-state index contributed by atoms with van der Waals surface area (Å²) in [5, 5.41) is 2.32. The molecule has 0 radical (unpaired) electrons. The van der Waals surface area contributed by atoms with E-state index in [0.717, 1.165) is 61.7 Å². The Morgan fingerprint density at radius 1 is 0.531 bits per heavy atom. The number of ether oxygens (including phenoxy) is 1. The van der Waals surface area contributed by atoms with E-state index < -0.39 is 0 Å². The van der Waals surface area contributed by atoms with Gasteiger partial charge in [-0.05, 0) is 76.7 Å². The Labute approximate surface area is 374 Å². The van der Waals surface area contributed by atoms with Gasteiger partial charge in [-0.15, -0.1) is 0 Å². The van der Waals surface area contributed by atoms with E-state index in [4.69, 9.17) is 9.72 Å². The van der Waals surface area contributed by atoms with Gasteiger partial charge < -0.3 is 4.74 Å². The molecule has 0 saturated carbocycles. The van der Waals surface area contributed by atoms with Crippen LogP contribution in [-0.2, 0) is 5.41 Å². The van der Waals surface area contributed by atoms with Crippen LogP contribution >= 0.6 is 0 Å². The summed E-state index contributed by atoms with van der Waals surface area (Å²) in [7, 11) is 0. The Morgan fingerprint density at radius 3 is 1.95 bits per heavy atom. The second-order valence-electron chi connectivity index (χ2n) is 17.4. The van der Waals surface area contributed by atoms with Gasteiger partial charge >= 0.3 is 0 Å². The molecule has 0 fully saturated rings. The van der Waals surface area contributed by atoms with E-state index in [0.29, 0.717) is 0 Å². The van der Waals surface area contributed by atoms with Crippen molar-refractivity contribution >= 4 is 55.9 Å². The lowest BCUT2D eigenvalue weighted by Gasteiger charge is -2.21. The molecule has 0 spiro atoms. The van der Waals surface area contributed by atoms with Crippen LogP contribution in [-0.4, -0.2) is 20.8 Å². The maximum Gasteiger partial charge on any atom is 0.269 e. The van der Waals surface area contributed by atoms with Crippen molar-refractivity contribution in [2.75, 3.05) is 0 Å². The van der Waals surface area contributed by atoms with Gasteiger partial charge in [0.15, 0.2) is 0 Å². The van der Waals surface area contributed by atoms with Crippen molar-refractivity contribution < 1.29 is 9.30 Å². The predicted octanol–water partition coefficient (Wildman–Crippen LogP) is 11.5. The highest BCUT2D eigenvalue weighted by molar-refractivity contribution is 6.96. The van der Waals surface area contributed by atoms with Crippen LogP contribution < -0.4 is 25.7 Å². The minimum absolute atomic E-state index is 0.0129. The molecule has 64 heavy (non-hydrogen) atoms. The number of para-hydroxylation sites is 4. The van der Waals surface area contributed by atoms with Gasteiger partial charge in [-0.25, -0.2) is 4.98 Å². The summed E-state index contributed by atoms with van der Waals surface area (Å²) in [4.78, 5) is 4.88. The summed E-state index contributed by atoms with van der Waals surface area (Å²) in [6.07, 6.45) is 5.70. The number of benzene rings is 8. The first kappa shape index (κ1) is 38.9. The summed E-state index contributed by atoms with van der Waals surface area (Å²) in [6, 6.07) is 75.1. The lowest BCUT2D eigenvalue weighted by Crippen LogP contribution is -2.52. The maximum absolute atomic E-state index is 6.73. The zero-order valence-electron chi connectivity index (χ0n) is 36.1. The van der Waals surface area contributed by atoms with E-state index in [-0.39, 0.29) is 12.1 Å². The second kappa shape index (κ2) is 16.1. The van der Waals surface area contributed by atoms with E-state index >= 15 is 0 Å². The van der Waals surface area contributed by atoms with Crippen molar-refractivity contribution in [2.24, 2.45) is 0 Å². The number of pyridine rings is 1. The average Bonchev–Trinajstić information content (AvgIpc) is 3.89. The Balaban J connectivity index is 0.989. The SMILES string of the molecule is CC(C)(C)c1ccnc(-n2c3ccccc3c3ccc(Oc4cccc(-n5[c-][n+](-c6ccccc6-c6ccccc6B(c6ccccc6)c6ccccc6)c6ccccc65)c4)cc32)c1. The zero-order valence-corrected chi connectivity index (χ0v) is 36.1. The highest BCUT2D eigenvalue weighted by Gasteiger charge is 2.26. The summed E-state index contributed by atoms with van der Waals surface area (Å²) < 4.78 is 13.3. The van der Waals surface area contributed by atoms with Crippen LogP contribution in [0.25, 0.3) is 61.2 Å². The number of fused-ring (bicyclic) bond motifs is 4. The Kier molecular flexibility index (Phi) is 9.77. The van der Waals surface area contributed by atoms with Crippen molar-refractivity contribution in [1.82, 2.24) is 14.1 Å². The fraction of sp³-hybridized carbons (Fsp3) is 0.0690. The van der Waals surface area contributed by atoms with Crippen LogP contribution in [0.15, 0.2) is 219 Å². The van der Waals surface area contributed by atoms with Gasteiger partial charge in [0.05, 0.1) is 33.4 Å². The van der Waals surface area contributed by atoms with Crippen molar-refractivity contribution in [3.63, 3.8) is 0 Å². The Bertz CT molecular complexity index is 3440. The lowest BCUT2D eigenvalue weighted by atomic mass is 9.36. The molecule has 8 aromatic carbocycles. The quantitative estimate of drug-likeness (QED) is 0.0826.